The number of nitrogens with one attached hydrogen (secondary N) is 1. The van der Waals surface area contributed by atoms with Crippen molar-refractivity contribution in [3.05, 3.63) is 88.9 Å². The Labute approximate surface area is 184 Å². The number of carbonyl (C=O) groups excluding carboxylic acids is 2. The lowest BCUT2D eigenvalue weighted by atomic mass is 10.2. The summed E-state index contributed by atoms with van der Waals surface area (Å²) < 4.78 is 15.8. The van der Waals surface area contributed by atoms with Crippen LogP contribution in [0.5, 0.6) is 17.2 Å². The van der Waals surface area contributed by atoms with E-state index in [9.17, 15) is 9.59 Å². The predicted octanol–water partition coefficient (Wildman–Crippen LogP) is 4.10. The maximum atomic E-state index is 12.3. The van der Waals surface area contributed by atoms with E-state index in [0.29, 0.717) is 27.8 Å². The van der Waals surface area contributed by atoms with E-state index < -0.39 is 11.9 Å². The summed E-state index contributed by atoms with van der Waals surface area (Å²) >= 11 is 6.02. The first-order chi connectivity index (χ1) is 15.0. The lowest BCUT2D eigenvalue weighted by molar-refractivity contribution is -0.123. The molecule has 3 rings (SSSR count). The Morgan fingerprint density at radius 3 is 2.45 bits per heavy atom. The summed E-state index contributed by atoms with van der Waals surface area (Å²) in [7, 11) is 1.57. The van der Waals surface area contributed by atoms with E-state index >= 15 is 0 Å². The molecule has 0 unspecified atom stereocenters. The lowest BCUT2D eigenvalue weighted by Gasteiger charge is -2.06. The molecule has 0 saturated heterocycles. The molecular formula is C23H19ClN2O5. The predicted molar refractivity (Wildman–Crippen MR) is 117 cm³/mol. The van der Waals surface area contributed by atoms with Gasteiger partial charge in [-0.3, -0.25) is 4.79 Å². The molecule has 158 valence electrons. The molecule has 0 radical (unpaired) electrons. The highest BCUT2D eigenvalue weighted by Crippen LogP contribution is 2.19. The van der Waals surface area contributed by atoms with Crippen molar-refractivity contribution < 1.29 is 23.8 Å². The van der Waals surface area contributed by atoms with Crippen LogP contribution in [-0.4, -0.2) is 31.8 Å². The monoisotopic (exact) mass is 438 g/mol. The van der Waals surface area contributed by atoms with Crippen molar-refractivity contribution in [3.63, 3.8) is 0 Å². The molecule has 0 atom stereocenters. The molecule has 0 saturated carbocycles. The van der Waals surface area contributed by atoms with E-state index in [4.69, 9.17) is 25.8 Å². The summed E-state index contributed by atoms with van der Waals surface area (Å²) in [6, 6.07) is 20.2. The van der Waals surface area contributed by atoms with Crippen molar-refractivity contribution >= 4 is 29.7 Å². The number of halogens is 1. The molecule has 0 fully saturated rings. The van der Waals surface area contributed by atoms with Crippen LogP contribution in [0.1, 0.15) is 15.9 Å². The van der Waals surface area contributed by atoms with Gasteiger partial charge in [-0.05, 0) is 54.1 Å². The Kier molecular flexibility index (Phi) is 7.61. The number of rotatable bonds is 8. The number of amides is 1. The lowest BCUT2D eigenvalue weighted by Crippen LogP contribution is -2.24. The molecule has 3 aromatic rings. The van der Waals surface area contributed by atoms with Gasteiger partial charge in [0.1, 0.15) is 17.2 Å². The second-order valence-corrected chi connectivity index (χ2v) is 6.61. The molecule has 1 N–H and O–H groups in total. The van der Waals surface area contributed by atoms with Gasteiger partial charge in [0, 0.05) is 0 Å². The van der Waals surface area contributed by atoms with E-state index in [1.54, 1.807) is 79.9 Å². The standard InChI is InChI=1S/C23H19ClN2O5/c1-29-17-9-11-18(12-10-17)30-15-22(27)26-25-14-16-5-4-6-19(13-16)31-23(28)20-7-2-3-8-21(20)24/h2-14H,15H2,1H3,(H,26,27)/b25-14+. The van der Waals surface area contributed by atoms with Crippen molar-refractivity contribution in [2.45, 2.75) is 0 Å². The largest absolute Gasteiger partial charge is 0.497 e. The van der Waals surface area contributed by atoms with E-state index in [0.717, 1.165) is 0 Å². The Morgan fingerprint density at radius 2 is 1.71 bits per heavy atom. The highest BCUT2D eigenvalue weighted by Gasteiger charge is 2.12. The average Bonchev–Trinajstić information content (AvgIpc) is 2.78. The first kappa shape index (κ1) is 21.9. The van der Waals surface area contributed by atoms with Crippen molar-refractivity contribution in [1.29, 1.82) is 0 Å². The molecule has 0 bridgehead atoms. The number of nitrogens with zero attached hydrogens (tertiary/aromatic N) is 1. The van der Waals surface area contributed by atoms with Gasteiger partial charge in [0.2, 0.25) is 0 Å². The molecule has 0 aliphatic rings. The summed E-state index contributed by atoms with van der Waals surface area (Å²) in [5.74, 6) is 0.564. The zero-order valence-electron chi connectivity index (χ0n) is 16.6. The van der Waals surface area contributed by atoms with Gasteiger partial charge >= 0.3 is 5.97 Å². The molecule has 0 spiro atoms. The first-order valence-electron chi connectivity index (χ1n) is 9.20. The van der Waals surface area contributed by atoms with Gasteiger partial charge in [0.25, 0.3) is 5.91 Å². The quantitative estimate of drug-likeness (QED) is 0.248. The normalized spacial score (nSPS) is 10.5. The Bertz CT molecular complexity index is 1080. The molecule has 3 aromatic carbocycles. The van der Waals surface area contributed by atoms with Gasteiger partial charge in [0.15, 0.2) is 6.61 Å². The summed E-state index contributed by atoms with van der Waals surface area (Å²) in [5, 5.41) is 4.20. The Hall–Kier alpha value is -3.84. The molecule has 31 heavy (non-hydrogen) atoms. The number of esters is 1. The van der Waals surface area contributed by atoms with Crippen LogP contribution in [0.2, 0.25) is 5.02 Å². The SMILES string of the molecule is COc1ccc(OCC(=O)N/N=C/c2cccc(OC(=O)c3ccccc3Cl)c2)cc1. The molecule has 0 heterocycles. The zero-order valence-corrected chi connectivity index (χ0v) is 17.3. The summed E-state index contributed by atoms with van der Waals surface area (Å²) in [5.41, 5.74) is 3.27. The third-order valence-electron chi connectivity index (χ3n) is 3.99. The van der Waals surface area contributed by atoms with Crippen LogP contribution in [-0.2, 0) is 4.79 Å². The van der Waals surface area contributed by atoms with Crippen molar-refractivity contribution in [2.75, 3.05) is 13.7 Å². The summed E-state index contributed by atoms with van der Waals surface area (Å²) in [6.07, 6.45) is 1.43. The number of methoxy groups -OCH3 is 1. The van der Waals surface area contributed by atoms with Gasteiger partial charge < -0.3 is 14.2 Å². The third kappa shape index (κ3) is 6.58. The van der Waals surface area contributed by atoms with Crippen LogP contribution < -0.4 is 19.6 Å². The topological polar surface area (TPSA) is 86.2 Å². The maximum absolute atomic E-state index is 12.3. The van der Waals surface area contributed by atoms with Crippen LogP contribution in [0.3, 0.4) is 0 Å². The Morgan fingerprint density at radius 1 is 0.968 bits per heavy atom. The average molecular weight is 439 g/mol. The molecule has 7 nitrogen and oxygen atoms in total. The minimum atomic E-state index is -0.566. The van der Waals surface area contributed by atoms with Crippen LogP contribution in [0, 0.1) is 0 Å². The molecule has 1 amide bonds. The number of hydrogen-bond acceptors (Lipinski definition) is 6. The van der Waals surface area contributed by atoms with Gasteiger partial charge in [-0.2, -0.15) is 5.10 Å². The number of hydrazone groups is 1. The van der Waals surface area contributed by atoms with Crippen LogP contribution in [0.25, 0.3) is 0 Å². The summed E-state index contributed by atoms with van der Waals surface area (Å²) in [6.45, 7) is -0.195. The molecule has 0 aromatic heterocycles. The second kappa shape index (κ2) is 10.8. The van der Waals surface area contributed by atoms with Gasteiger partial charge in [-0.25, -0.2) is 10.2 Å². The van der Waals surface area contributed by atoms with Crippen molar-refractivity contribution in [2.24, 2.45) is 5.10 Å². The van der Waals surface area contributed by atoms with E-state index in [-0.39, 0.29) is 12.2 Å². The van der Waals surface area contributed by atoms with Crippen LogP contribution in [0.15, 0.2) is 77.9 Å². The minimum absolute atomic E-state index is 0.195. The van der Waals surface area contributed by atoms with Crippen molar-refractivity contribution in [1.82, 2.24) is 5.43 Å². The van der Waals surface area contributed by atoms with Crippen molar-refractivity contribution in [3.8, 4) is 17.2 Å². The fourth-order valence-electron chi connectivity index (χ4n) is 2.48. The van der Waals surface area contributed by atoms with E-state index in [2.05, 4.69) is 10.5 Å². The maximum Gasteiger partial charge on any atom is 0.345 e. The van der Waals surface area contributed by atoms with E-state index in [1.165, 1.54) is 6.21 Å². The van der Waals surface area contributed by atoms with Gasteiger partial charge in [-0.15, -0.1) is 0 Å². The first-order valence-corrected chi connectivity index (χ1v) is 9.58. The molecule has 0 aliphatic heterocycles. The van der Waals surface area contributed by atoms with E-state index in [1.807, 2.05) is 0 Å². The fraction of sp³-hybridized carbons (Fsp3) is 0.0870. The van der Waals surface area contributed by atoms with Crippen LogP contribution in [0.4, 0.5) is 0 Å². The minimum Gasteiger partial charge on any atom is -0.497 e. The zero-order chi connectivity index (χ0) is 22.1. The number of hydrogen-bond donors (Lipinski definition) is 1. The number of ether oxygens (including phenoxy) is 3. The van der Waals surface area contributed by atoms with Gasteiger partial charge in [-0.1, -0.05) is 35.9 Å². The summed E-state index contributed by atoms with van der Waals surface area (Å²) in [4.78, 5) is 24.1. The Balaban J connectivity index is 1.51. The smallest absolute Gasteiger partial charge is 0.345 e. The molecular weight excluding hydrogens is 420 g/mol. The molecule has 8 heteroatoms. The third-order valence-corrected chi connectivity index (χ3v) is 4.32. The van der Waals surface area contributed by atoms with Gasteiger partial charge in [0.05, 0.1) is 23.9 Å². The molecule has 0 aliphatic carbocycles. The number of carbonyl (C=O) groups is 2. The highest BCUT2D eigenvalue weighted by atomic mass is 35.5. The fourth-order valence-corrected chi connectivity index (χ4v) is 2.69. The second-order valence-electron chi connectivity index (χ2n) is 6.20. The number of benzene rings is 3. The highest BCUT2D eigenvalue weighted by molar-refractivity contribution is 6.33. The van der Waals surface area contributed by atoms with Crippen LogP contribution >= 0.6 is 11.6 Å².